The average molecular weight is 302 g/mol. The number of benzene rings is 1. The lowest BCUT2D eigenvalue weighted by Crippen LogP contribution is -2.38. The van der Waals surface area contributed by atoms with Crippen LogP contribution in [-0.2, 0) is 9.59 Å². The highest BCUT2D eigenvalue weighted by Gasteiger charge is 2.23. The van der Waals surface area contributed by atoms with Crippen LogP contribution in [0, 0.1) is 0 Å². The molecule has 22 heavy (non-hydrogen) atoms. The van der Waals surface area contributed by atoms with Gasteiger partial charge in [0.1, 0.15) is 0 Å². The van der Waals surface area contributed by atoms with Crippen molar-refractivity contribution in [2.45, 2.75) is 19.4 Å². The largest absolute Gasteiger partial charge is 0.454 e. The molecule has 116 valence electrons. The van der Waals surface area contributed by atoms with Crippen molar-refractivity contribution in [2.24, 2.45) is 0 Å². The number of hydrogen-bond acceptors (Lipinski definition) is 4. The van der Waals surface area contributed by atoms with Crippen LogP contribution >= 0.6 is 0 Å². The zero-order chi connectivity index (χ0) is 15.5. The lowest BCUT2D eigenvalue weighted by atomic mass is 10.1. The summed E-state index contributed by atoms with van der Waals surface area (Å²) in [5.41, 5.74) is 0.870. The molecule has 1 atom stereocenters. The number of carbonyl (C=O) groups excluding carboxylic acids is 2. The topological polar surface area (TPSA) is 67.9 Å². The molecule has 0 spiro atoms. The molecule has 1 saturated heterocycles. The number of carbonyl (C=O) groups is 2. The Balaban J connectivity index is 1.69. The fourth-order valence-corrected chi connectivity index (χ4v) is 2.59. The monoisotopic (exact) mass is 302 g/mol. The van der Waals surface area contributed by atoms with Gasteiger partial charge < -0.3 is 19.7 Å². The first kappa shape index (κ1) is 14.4. The Bertz CT molecular complexity index is 627. The summed E-state index contributed by atoms with van der Waals surface area (Å²) in [5, 5.41) is 2.77. The molecule has 2 aliphatic heterocycles. The molecule has 1 aromatic carbocycles. The predicted molar refractivity (Wildman–Crippen MR) is 80.4 cm³/mol. The molecular formula is C16H18N2O4. The molecule has 1 fully saturated rings. The van der Waals surface area contributed by atoms with E-state index in [1.807, 2.05) is 25.1 Å². The Morgan fingerprint density at radius 1 is 1.36 bits per heavy atom. The van der Waals surface area contributed by atoms with E-state index in [2.05, 4.69) is 5.32 Å². The van der Waals surface area contributed by atoms with Gasteiger partial charge in [-0.1, -0.05) is 6.07 Å². The Kier molecular flexibility index (Phi) is 4.00. The van der Waals surface area contributed by atoms with Crippen molar-refractivity contribution in [3.63, 3.8) is 0 Å². The van der Waals surface area contributed by atoms with E-state index in [9.17, 15) is 9.59 Å². The van der Waals surface area contributed by atoms with E-state index in [0.29, 0.717) is 31.0 Å². The lowest BCUT2D eigenvalue weighted by Gasteiger charge is -2.24. The quantitative estimate of drug-likeness (QED) is 0.833. The summed E-state index contributed by atoms with van der Waals surface area (Å²) in [4.78, 5) is 25.5. The van der Waals surface area contributed by atoms with Crippen molar-refractivity contribution in [1.82, 2.24) is 10.2 Å². The van der Waals surface area contributed by atoms with Crippen LogP contribution in [-0.4, -0.2) is 42.6 Å². The number of rotatable bonds is 2. The molecule has 1 aromatic rings. The van der Waals surface area contributed by atoms with Gasteiger partial charge in [0, 0.05) is 31.6 Å². The first-order chi connectivity index (χ1) is 10.6. The van der Waals surface area contributed by atoms with E-state index in [1.165, 1.54) is 6.08 Å². The molecule has 2 aliphatic rings. The molecule has 1 unspecified atom stereocenters. The fourth-order valence-electron chi connectivity index (χ4n) is 2.59. The molecule has 6 nitrogen and oxygen atoms in total. The maximum Gasteiger partial charge on any atom is 0.246 e. The zero-order valence-electron chi connectivity index (χ0n) is 12.4. The number of fused-ring (bicyclic) bond motifs is 1. The molecular weight excluding hydrogens is 284 g/mol. The van der Waals surface area contributed by atoms with E-state index in [0.717, 1.165) is 5.56 Å². The van der Waals surface area contributed by atoms with Crippen LogP contribution in [0.4, 0.5) is 0 Å². The standard InChI is InChI=1S/C16H18N2O4/c1-11-8-15(19)17-6-7-18(11)16(20)5-3-12-2-4-13-14(9-12)22-10-21-13/h2-5,9,11H,6-8,10H2,1H3,(H,17,19)/b5-3+. The summed E-state index contributed by atoms with van der Waals surface area (Å²) < 4.78 is 10.6. The van der Waals surface area contributed by atoms with Crippen molar-refractivity contribution in [3.8, 4) is 11.5 Å². The van der Waals surface area contributed by atoms with Gasteiger partial charge in [-0.05, 0) is 30.7 Å². The van der Waals surface area contributed by atoms with Gasteiger partial charge in [0.05, 0.1) is 0 Å². The second-order valence-corrected chi connectivity index (χ2v) is 5.38. The summed E-state index contributed by atoms with van der Waals surface area (Å²) in [6.07, 6.45) is 3.62. The van der Waals surface area contributed by atoms with Crippen molar-refractivity contribution in [1.29, 1.82) is 0 Å². The normalized spacial score (nSPS) is 20.9. The number of nitrogens with zero attached hydrogens (tertiary/aromatic N) is 1. The molecule has 6 heteroatoms. The lowest BCUT2D eigenvalue weighted by molar-refractivity contribution is -0.128. The summed E-state index contributed by atoms with van der Waals surface area (Å²) in [5.74, 6) is 1.30. The molecule has 2 amide bonds. The van der Waals surface area contributed by atoms with Crippen LogP contribution in [0.2, 0.25) is 0 Å². The molecule has 0 bridgehead atoms. The summed E-state index contributed by atoms with van der Waals surface area (Å²) in [7, 11) is 0. The molecule has 2 heterocycles. The van der Waals surface area contributed by atoms with E-state index < -0.39 is 0 Å². The Morgan fingerprint density at radius 2 is 2.18 bits per heavy atom. The smallest absolute Gasteiger partial charge is 0.246 e. The molecule has 0 saturated carbocycles. The van der Waals surface area contributed by atoms with E-state index >= 15 is 0 Å². The highest BCUT2D eigenvalue weighted by molar-refractivity contribution is 5.92. The van der Waals surface area contributed by atoms with Crippen molar-refractivity contribution >= 4 is 17.9 Å². The first-order valence-corrected chi connectivity index (χ1v) is 7.28. The van der Waals surface area contributed by atoms with Crippen LogP contribution in [0.1, 0.15) is 18.9 Å². The van der Waals surface area contributed by atoms with Gasteiger partial charge >= 0.3 is 0 Å². The number of amides is 2. The third-order valence-electron chi connectivity index (χ3n) is 3.79. The predicted octanol–water partition coefficient (Wildman–Crippen LogP) is 1.17. The molecule has 1 N–H and O–H groups in total. The number of hydrogen-bond donors (Lipinski definition) is 1. The Hall–Kier alpha value is -2.50. The minimum absolute atomic E-state index is 0.0115. The first-order valence-electron chi connectivity index (χ1n) is 7.28. The van der Waals surface area contributed by atoms with E-state index in [4.69, 9.17) is 9.47 Å². The third kappa shape index (κ3) is 3.05. The molecule has 0 radical (unpaired) electrons. The van der Waals surface area contributed by atoms with E-state index in [-0.39, 0.29) is 24.6 Å². The van der Waals surface area contributed by atoms with Crippen LogP contribution < -0.4 is 14.8 Å². The maximum atomic E-state index is 12.3. The Morgan fingerprint density at radius 3 is 3.05 bits per heavy atom. The Labute approximate surface area is 128 Å². The minimum Gasteiger partial charge on any atom is -0.454 e. The number of ether oxygens (including phenoxy) is 2. The second kappa shape index (κ2) is 6.09. The maximum absolute atomic E-state index is 12.3. The van der Waals surface area contributed by atoms with E-state index in [1.54, 1.807) is 11.0 Å². The minimum atomic E-state index is -0.101. The average Bonchev–Trinajstić information content (AvgIpc) is 2.89. The SMILES string of the molecule is CC1CC(=O)NCCN1C(=O)/C=C/c1ccc2c(c1)OCO2. The molecule has 3 rings (SSSR count). The van der Waals surface area contributed by atoms with Crippen molar-refractivity contribution < 1.29 is 19.1 Å². The summed E-state index contributed by atoms with van der Waals surface area (Å²) in [6, 6.07) is 5.43. The highest BCUT2D eigenvalue weighted by Crippen LogP contribution is 2.32. The second-order valence-electron chi connectivity index (χ2n) is 5.38. The van der Waals surface area contributed by atoms with Gasteiger partial charge in [-0.2, -0.15) is 0 Å². The summed E-state index contributed by atoms with van der Waals surface area (Å²) in [6.45, 7) is 3.13. The zero-order valence-corrected chi connectivity index (χ0v) is 12.4. The molecule has 0 aliphatic carbocycles. The van der Waals surface area contributed by atoms with Gasteiger partial charge in [0.25, 0.3) is 0 Å². The molecule has 0 aromatic heterocycles. The third-order valence-corrected chi connectivity index (χ3v) is 3.79. The fraction of sp³-hybridized carbons (Fsp3) is 0.375. The van der Waals surface area contributed by atoms with Crippen molar-refractivity contribution in [3.05, 3.63) is 29.8 Å². The number of nitrogens with one attached hydrogen (secondary N) is 1. The van der Waals surface area contributed by atoms with Gasteiger partial charge in [0.15, 0.2) is 11.5 Å². The van der Waals surface area contributed by atoms with Gasteiger partial charge in [-0.3, -0.25) is 9.59 Å². The van der Waals surface area contributed by atoms with Gasteiger partial charge in [0.2, 0.25) is 18.6 Å². The van der Waals surface area contributed by atoms with Gasteiger partial charge in [-0.15, -0.1) is 0 Å². The highest BCUT2D eigenvalue weighted by atomic mass is 16.7. The van der Waals surface area contributed by atoms with Crippen LogP contribution in [0.5, 0.6) is 11.5 Å². The van der Waals surface area contributed by atoms with Crippen molar-refractivity contribution in [2.75, 3.05) is 19.9 Å². The van der Waals surface area contributed by atoms with Crippen LogP contribution in [0.15, 0.2) is 24.3 Å². The van der Waals surface area contributed by atoms with Crippen LogP contribution in [0.25, 0.3) is 6.08 Å². The van der Waals surface area contributed by atoms with Crippen LogP contribution in [0.3, 0.4) is 0 Å². The van der Waals surface area contributed by atoms with Gasteiger partial charge in [-0.25, -0.2) is 0 Å². The summed E-state index contributed by atoms with van der Waals surface area (Å²) >= 11 is 0.